The van der Waals surface area contributed by atoms with Crippen LogP contribution >= 0.6 is 11.8 Å². The van der Waals surface area contributed by atoms with E-state index in [0.717, 1.165) is 21.7 Å². The third-order valence-electron chi connectivity index (χ3n) is 2.61. The lowest BCUT2D eigenvalue weighted by atomic mass is 10.2. The van der Waals surface area contributed by atoms with Crippen LogP contribution in [0.1, 0.15) is 13.8 Å². The lowest BCUT2D eigenvalue weighted by molar-refractivity contribution is 0.596. The monoisotopic (exact) mass is 269 g/mol. The summed E-state index contributed by atoms with van der Waals surface area (Å²) in [5.74, 6) is 0.977. The smallest absolute Gasteiger partial charge is 0.181 e. The molecule has 0 unspecified atom stereocenters. The van der Waals surface area contributed by atoms with Gasteiger partial charge in [-0.15, -0.1) is 11.8 Å². The number of aromatic nitrogens is 1. The fourth-order valence-electron chi connectivity index (χ4n) is 1.79. The second-order valence-corrected chi connectivity index (χ2v) is 7.15. The van der Waals surface area contributed by atoms with Crippen LogP contribution in [-0.2, 0) is 9.84 Å². The van der Waals surface area contributed by atoms with Crippen molar-refractivity contribution in [1.82, 2.24) is 4.98 Å². The third kappa shape index (κ3) is 2.21. The summed E-state index contributed by atoms with van der Waals surface area (Å²) < 4.78 is 24.3. The zero-order valence-electron chi connectivity index (χ0n) is 9.86. The quantitative estimate of drug-likeness (QED) is 0.868. The molecule has 0 spiro atoms. The van der Waals surface area contributed by atoms with Crippen LogP contribution in [0, 0.1) is 0 Å². The first-order chi connectivity index (χ1) is 8.10. The Balaban J connectivity index is 2.77. The minimum absolute atomic E-state index is 0.131. The van der Waals surface area contributed by atoms with E-state index in [1.807, 2.05) is 31.2 Å². The van der Waals surface area contributed by atoms with Gasteiger partial charge in [-0.05, 0) is 11.8 Å². The molecule has 0 saturated heterocycles. The largest absolute Gasteiger partial charge is 0.349 e. The van der Waals surface area contributed by atoms with Crippen molar-refractivity contribution < 1.29 is 8.42 Å². The molecule has 1 heterocycles. The molecule has 5 heteroatoms. The molecule has 1 aromatic carbocycles. The van der Waals surface area contributed by atoms with Gasteiger partial charge in [-0.25, -0.2) is 8.42 Å². The average molecular weight is 269 g/mol. The molecule has 0 bridgehead atoms. The molecule has 2 rings (SSSR count). The van der Waals surface area contributed by atoms with E-state index in [9.17, 15) is 8.42 Å². The van der Waals surface area contributed by atoms with Crippen LogP contribution in [-0.4, -0.2) is 24.9 Å². The third-order valence-corrected chi connectivity index (χ3v) is 5.42. The van der Waals surface area contributed by atoms with Gasteiger partial charge in [0.15, 0.2) is 9.84 Å². The Bertz CT molecular complexity index is 629. The molecule has 0 radical (unpaired) electrons. The normalized spacial score (nSPS) is 12.1. The summed E-state index contributed by atoms with van der Waals surface area (Å²) >= 11 is 1.54. The minimum atomic E-state index is -3.19. The van der Waals surface area contributed by atoms with Gasteiger partial charge in [0.25, 0.3) is 0 Å². The fourth-order valence-corrected chi connectivity index (χ4v) is 4.20. The van der Waals surface area contributed by atoms with Gasteiger partial charge in [0.05, 0.1) is 10.8 Å². The number of aromatic amines is 1. The second kappa shape index (κ2) is 4.74. The van der Waals surface area contributed by atoms with Crippen LogP contribution in [0.4, 0.5) is 0 Å². The van der Waals surface area contributed by atoms with Crippen molar-refractivity contribution in [2.45, 2.75) is 23.8 Å². The summed E-state index contributed by atoms with van der Waals surface area (Å²) in [6, 6.07) is 7.53. The van der Waals surface area contributed by atoms with Crippen molar-refractivity contribution >= 4 is 32.5 Å². The summed E-state index contributed by atoms with van der Waals surface area (Å²) in [5.41, 5.74) is 0.885. The molecule has 17 heavy (non-hydrogen) atoms. The van der Waals surface area contributed by atoms with Gasteiger partial charge in [0.1, 0.15) is 4.90 Å². The maximum Gasteiger partial charge on any atom is 0.181 e. The molecule has 0 aliphatic heterocycles. The Morgan fingerprint density at radius 3 is 2.59 bits per heavy atom. The van der Waals surface area contributed by atoms with Crippen molar-refractivity contribution in [3.8, 4) is 0 Å². The molecular formula is C12H15NO2S2. The number of hydrogen-bond donors (Lipinski definition) is 1. The first-order valence-electron chi connectivity index (χ1n) is 5.56. The number of benzene rings is 1. The molecule has 0 saturated carbocycles. The van der Waals surface area contributed by atoms with E-state index < -0.39 is 9.84 Å². The molecule has 3 nitrogen and oxygen atoms in total. The van der Waals surface area contributed by atoms with E-state index >= 15 is 0 Å². The highest BCUT2D eigenvalue weighted by Crippen LogP contribution is 2.33. The van der Waals surface area contributed by atoms with E-state index in [1.54, 1.807) is 6.92 Å². The standard InChI is InChI=1S/C12H15NO2S2/c1-3-16-12-11(17(14,15)4-2)9-7-5-6-8-10(9)13-12/h5-8,13H,3-4H2,1-2H3. The molecule has 0 aliphatic rings. The Hall–Kier alpha value is -0.940. The van der Waals surface area contributed by atoms with Crippen molar-refractivity contribution in [1.29, 1.82) is 0 Å². The molecule has 92 valence electrons. The molecule has 0 aliphatic carbocycles. The minimum Gasteiger partial charge on any atom is -0.349 e. The van der Waals surface area contributed by atoms with Gasteiger partial charge >= 0.3 is 0 Å². The van der Waals surface area contributed by atoms with E-state index in [1.165, 1.54) is 11.8 Å². The molecule has 1 N–H and O–H groups in total. The second-order valence-electron chi connectivity index (χ2n) is 3.67. The average Bonchev–Trinajstić information content (AvgIpc) is 2.68. The van der Waals surface area contributed by atoms with Crippen LogP contribution in [0.15, 0.2) is 34.2 Å². The SMILES string of the molecule is CCSc1[nH]c2ccccc2c1S(=O)(=O)CC. The Labute approximate surface area is 106 Å². The van der Waals surface area contributed by atoms with Crippen molar-refractivity contribution in [2.75, 3.05) is 11.5 Å². The zero-order valence-corrected chi connectivity index (χ0v) is 11.5. The van der Waals surface area contributed by atoms with Gasteiger partial charge in [-0.3, -0.25) is 0 Å². The molecule has 1 aromatic heterocycles. The zero-order chi connectivity index (χ0) is 12.5. The van der Waals surface area contributed by atoms with Gasteiger partial charge in [0.2, 0.25) is 0 Å². The molecular weight excluding hydrogens is 254 g/mol. The van der Waals surface area contributed by atoms with E-state index in [4.69, 9.17) is 0 Å². The topological polar surface area (TPSA) is 49.9 Å². The van der Waals surface area contributed by atoms with E-state index in [-0.39, 0.29) is 5.75 Å². The number of sulfone groups is 1. The highest BCUT2D eigenvalue weighted by atomic mass is 32.2. The summed E-state index contributed by atoms with van der Waals surface area (Å²) in [6.07, 6.45) is 0. The molecule has 2 aromatic rings. The van der Waals surface area contributed by atoms with Gasteiger partial charge in [-0.2, -0.15) is 0 Å². The van der Waals surface area contributed by atoms with E-state index in [2.05, 4.69) is 4.98 Å². The van der Waals surface area contributed by atoms with Crippen LogP contribution in [0.25, 0.3) is 10.9 Å². The molecule has 0 fully saturated rings. The lowest BCUT2D eigenvalue weighted by Crippen LogP contribution is -2.04. The maximum atomic E-state index is 12.1. The first-order valence-corrected chi connectivity index (χ1v) is 8.20. The van der Waals surface area contributed by atoms with Crippen molar-refractivity contribution in [3.05, 3.63) is 24.3 Å². The Morgan fingerprint density at radius 1 is 1.24 bits per heavy atom. The molecule has 0 amide bonds. The van der Waals surface area contributed by atoms with Gasteiger partial charge in [-0.1, -0.05) is 32.0 Å². The summed E-state index contributed by atoms with van der Waals surface area (Å²) in [6.45, 7) is 3.69. The highest BCUT2D eigenvalue weighted by molar-refractivity contribution is 8.00. The van der Waals surface area contributed by atoms with Crippen LogP contribution in [0.5, 0.6) is 0 Å². The number of para-hydroxylation sites is 1. The van der Waals surface area contributed by atoms with Crippen LogP contribution in [0.3, 0.4) is 0 Å². The van der Waals surface area contributed by atoms with Crippen LogP contribution in [0.2, 0.25) is 0 Å². The van der Waals surface area contributed by atoms with Crippen molar-refractivity contribution in [3.63, 3.8) is 0 Å². The summed E-state index contributed by atoms with van der Waals surface area (Å²) in [4.78, 5) is 3.65. The van der Waals surface area contributed by atoms with Gasteiger partial charge < -0.3 is 4.98 Å². The number of thioether (sulfide) groups is 1. The van der Waals surface area contributed by atoms with E-state index in [0.29, 0.717) is 4.90 Å². The highest BCUT2D eigenvalue weighted by Gasteiger charge is 2.22. The summed E-state index contributed by atoms with van der Waals surface area (Å²) in [7, 11) is -3.19. The number of fused-ring (bicyclic) bond motifs is 1. The Morgan fingerprint density at radius 2 is 1.94 bits per heavy atom. The first kappa shape index (κ1) is 12.5. The fraction of sp³-hybridized carbons (Fsp3) is 0.333. The number of rotatable bonds is 4. The number of hydrogen-bond acceptors (Lipinski definition) is 3. The lowest BCUT2D eigenvalue weighted by Gasteiger charge is -2.02. The number of nitrogens with one attached hydrogen (secondary N) is 1. The van der Waals surface area contributed by atoms with Crippen molar-refractivity contribution in [2.24, 2.45) is 0 Å². The Kier molecular flexibility index (Phi) is 3.49. The molecule has 0 atom stereocenters. The summed E-state index contributed by atoms with van der Waals surface area (Å²) in [5, 5.41) is 1.56. The predicted octanol–water partition coefficient (Wildman–Crippen LogP) is 3.07. The van der Waals surface area contributed by atoms with Crippen LogP contribution < -0.4 is 0 Å². The maximum absolute atomic E-state index is 12.1. The van der Waals surface area contributed by atoms with Gasteiger partial charge in [0, 0.05) is 10.9 Å². The predicted molar refractivity (Wildman–Crippen MR) is 72.4 cm³/mol. The number of H-pyrrole nitrogens is 1.